The number of anilines is 1. The zero-order chi connectivity index (χ0) is 26.9. The van der Waals surface area contributed by atoms with Crippen molar-refractivity contribution in [2.75, 3.05) is 51.8 Å². The molecule has 1 atom stereocenters. The van der Waals surface area contributed by atoms with Crippen LogP contribution in [0.3, 0.4) is 0 Å². The van der Waals surface area contributed by atoms with Gasteiger partial charge in [-0.15, -0.1) is 0 Å². The second-order valence-corrected chi connectivity index (χ2v) is 9.64. The van der Waals surface area contributed by atoms with E-state index in [1.807, 2.05) is 11.0 Å². The molecule has 38 heavy (non-hydrogen) atoms. The number of hydrogen-bond donors (Lipinski definition) is 2. The van der Waals surface area contributed by atoms with Crippen LogP contribution in [-0.2, 0) is 27.4 Å². The number of nitrogens with one attached hydrogen (secondary N) is 2. The van der Waals surface area contributed by atoms with Crippen LogP contribution in [0.15, 0.2) is 36.4 Å². The molecule has 9 nitrogen and oxygen atoms in total. The van der Waals surface area contributed by atoms with Gasteiger partial charge in [0.2, 0.25) is 11.8 Å². The highest BCUT2D eigenvalue weighted by Crippen LogP contribution is 2.25. The predicted octanol–water partition coefficient (Wildman–Crippen LogP) is 2.59. The maximum Gasteiger partial charge on any atom is 0.243 e. The number of carbonyl (C=O) groups excluding carboxylic acids is 3. The summed E-state index contributed by atoms with van der Waals surface area (Å²) in [6, 6.07) is 9.52. The predicted molar refractivity (Wildman–Crippen MR) is 141 cm³/mol. The SMILES string of the molecule is CN(Cc1c(C=O)cccc1NCc1cc(OCCCN2CCOCC2)ccc1F)C1CCC(=O)NC1=O. The van der Waals surface area contributed by atoms with Gasteiger partial charge in [0.25, 0.3) is 0 Å². The largest absolute Gasteiger partial charge is 0.494 e. The number of rotatable bonds is 12. The van der Waals surface area contributed by atoms with Crippen LogP contribution in [0.4, 0.5) is 10.1 Å². The summed E-state index contributed by atoms with van der Waals surface area (Å²) < 4.78 is 25.9. The van der Waals surface area contributed by atoms with Gasteiger partial charge in [0.15, 0.2) is 0 Å². The van der Waals surface area contributed by atoms with Gasteiger partial charge in [-0.1, -0.05) is 12.1 Å². The van der Waals surface area contributed by atoms with E-state index in [-0.39, 0.29) is 30.6 Å². The van der Waals surface area contributed by atoms with Gasteiger partial charge < -0.3 is 14.8 Å². The molecule has 2 heterocycles. The van der Waals surface area contributed by atoms with E-state index < -0.39 is 6.04 Å². The smallest absolute Gasteiger partial charge is 0.243 e. The van der Waals surface area contributed by atoms with Gasteiger partial charge in [0.05, 0.1) is 25.9 Å². The molecule has 204 valence electrons. The number of benzene rings is 2. The lowest BCUT2D eigenvalue weighted by Crippen LogP contribution is -2.51. The standard InChI is InChI=1S/C28H35FN4O5/c1-32(26-8-9-27(35)31-28(26)36)18-23-20(19-34)4-2-5-25(23)30-17-21-16-22(6-7-24(21)29)38-13-3-10-33-11-14-37-15-12-33/h2,4-7,16,19,26,30H,3,8-15,17-18H2,1H3,(H,31,35,36). The highest BCUT2D eigenvalue weighted by atomic mass is 19.1. The zero-order valence-corrected chi connectivity index (χ0v) is 21.7. The van der Waals surface area contributed by atoms with Crippen LogP contribution in [0.1, 0.15) is 40.7 Å². The van der Waals surface area contributed by atoms with Gasteiger partial charge in [-0.25, -0.2) is 4.39 Å². The summed E-state index contributed by atoms with van der Waals surface area (Å²) in [6.07, 6.45) is 2.32. The second kappa shape index (κ2) is 13.5. The molecule has 0 radical (unpaired) electrons. The normalized spacial score (nSPS) is 18.3. The van der Waals surface area contributed by atoms with E-state index in [0.717, 1.165) is 45.6 Å². The van der Waals surface area contributed by atoms with Crippen LogP contribution in [0.25, 0.3) is 0 Å². The molecular formula is C28H35FN4O5. The minimum Gasteiger partial charge on any atom is -0.494 e. The van der Waals surface area contributed by atoms with Gasteiger partial charge in [-0.2, -0.15) is 0 Å². The summed E-state index contributed by atoms with van der Waals surface area (Å²) in [6.45, 7) is 5.36. The Morgan fingerprint density at radius 2 is 2.05 bits per heavy atom. The van der Waals surface area contributed by atoms with Gasteiger partial charge in [-0.05, 0) is 49.7 Å². The van der Waals surface area contributed by atoms with Crippen LogP contribution in [-0.4, -0.2) is 80.4 Å². The number of halogens is 1. The number of amides is 2. The number of likely N-dealkylation sites (N-methyl/N-ethyl adjacent to an activating group) is 1. The number of nitrogens with zero attached hydrogens (tertiary/aromatic N) is 2. The number of morpholine rings is 1. The number of ether oxygens (including phenoxy) is 2. The lowest BCUT2D eigenvalue weighted by atomic mass is 10.0. The molecule has 2 aromatic rings. The van der Waals surface area contributed by atoms with Crippen molar-refractivity contribution in [3.63, 3.8) is 0 Å². The molecule has 0 saturated carbocycles. The van der Waals surface area contributed by atoms with E-state index in [1.165, 1.54) is 6.07 Å². The molecule has 2 fully saturated rings. The lowest BCUT2D eigenvalue weighted by molar-refractivity contribution is -0.137. The summed E-state index contributed by atoms with van der Waals surface area (Å²) >= 11 is 0. The van der Waals surface area contributed by atoms with Crippen LogP contribution in [0, 0.1) is 5.82 Å². The fourth-order valence-corrected chi connectivity index (χ4v) is 4.79. The Hall–Kier alpha value is -3.34. The maximum absolute atomic E-state index is 14.6. The van der Waals surface area contributed by atoms with Crippen molar-refractivity contribution in [1.82, 2.24) is 15.1 Å². The van der Waals surface area contributed by atoms with Crippen LogP contribution < -0.4 is 15.4 Å². The minimum atomic E-state index is -0.477. The number of piperidine rings is 1. The van der Waals surface area contributed by atoms with E-state index >= 15 is 0 Å². The molecule has 2 aromatic carbocycles. The van der Waals surface area contributed by atoms with E-state index in [0.29, 0.717) is 47.7 Å². The lowest BCUT2D eigenvalue weighted by Gasteiger charge is -2.30. The highest BCUT2D eigenvalue weighted by molar-refractivity contribution is 6.00. The molecule has 4 rings (SSSR count). The van der Waals surface area contributed by atoms with Crippen molar-refractivity contribution >= 4 is 23.8 Å². The van der Waals surface area contributed by atoms with Crippen molar-refractivity contribution < 1.29 is 28.2 Å². The number of hydrogen-bond acceptors (Lipinski definition) is 8. The van der Waals surface area contributed by atoms with Gasteiger partial charge in [0, 0.05) is 56.0 Å². The Morgan fingerprint density at radius 3 is 2.82 bits per heavy atom. The molecule has 0 aromatic heterocycles. The third-order valence-electron chi connectivity index (χ3n) is 6.97. The summed E-state index contributed by atoms with van der Waals surface area (Å²) in [7, 11) is 1.78. The molecule has 2 amide bonds. The quantitative estimate of drug-likeness (QED) is 0.247. The average Bonchev–Trinajstić information content (AvgIpc) is 2.92. The molecule has 0 bridgehead atoms. The first kappa shape index (κ1) is 27.7. The fourth-order valence-electron chi connectivity index (χ4n) is 4.79. The molecular weight excluding hydrogens is 491 g/mol. The number of imide groups is 1. The Bertz CT molecular complexity index is 1140. The van der Waals surface area contributed by atoms with E-state index in [9.17, 15) is 18.8 Å². The second-order valence-electron chi connectivity index (χ2n) is 9.64. The van der Waals surface area contributed by atoms with Crippen LogP contribution >= 0.6 is 0 Å². The zero-order valence-electron chi connectivity index (χ0n) is 21.7. The molecule has 0 spiro atoms. The van der Waals surface area contributed by atoms with Crippen molar-refractivity contribution in [2.45, 2.75) is 38.4 Å². The summed E-state index contributed by atoms with van der Waals surface area (Å²) in [5.41, 5.74) is 2.29. The molecule has 2 aliphatic heterocycles. The Morgan fingerprint density at radius 1 is 1.24 bits per heavy atom. The topological polar surface area (TPSA) is 100 Å². The van der Waals surface area contributed by atoms with Crippen molar-refractivity contribution in [1.29, 1.82) is 0 Å². The fraction of sp³-hybridized carbons (Fsp3) is 0.464. The molecule has 2 saturated heterocycles. The van der Waals surface area contributed by atoms with E-state index in [2.05, 4.69) is 15.5 Å². The Balaban J connectivity index is 1.37. The monoisotopic (exact) mass is 526 g/mol. The summed E-state index contributed by atoms with van der Waals surface area (Å²) in [4.78, 5) is 39.8. The maximum atomic E-state index is 14.6. The molecule has 10 heteroatoms. The van der Waals surface area contributed by atoms with Crippen molar-refractivity contribution in [3.8, 4) is 5.75 Å². The molecule has 2 aliphatic rings. The first-order chi connectivity index (χ1) is 18.4. The van der Waals surface area contributed by atoms with Crippen molar-refractivity contribution in [2.24, 2.45) is 0 Å². The van der Waals surface area contributed by atoms with E-state index in [1.54, 1.807) is 31.3 Å². The van der Waals surface area contributed by atoms with Crippen LogP contribution in [0.2, 0.25) is 0 Å². The third-order valence-corrected chi connectivity index (χ3v) is 6.97. The summed E-state index contributed by atoms with van der Waals surface area (Å²) in [5.74, 6) is -0.372. The van der Waals surface area contributed by atoms with Crippen LogP contribution in [0.5, 0.6) is 5.75 Å². The number of carbonyl (C=O) groups is 3. The minimum absolute atomic E-state index is 0.189. The highest BCUT2D eigenvalue weighted by Gasteiger charge is 2.30. The molecule has 1 unspecified atom stereocenters. The average molecular weight is 527 g/mol. The van der Waals surface area contributed by atoms with Gasteiger partial charge >= 0.3 is 0 Å². The van der Waals surface area contributed by atoms with Crippen molar-refractivity contribution in [3.05, 3.63) is 58.9 Å². The first-order valence-electron chi connectivity index (χ1n) is 13.0. The molecule has 0 aliphatic carbocycles. The summed E-state index contributed by atoms with van der Waals surface area (Å²) in [5, 5.41) is 5.62. The van der Waals surface area contributed by atoms with Gasteiger partial charge in [-0.3, -0.25) is 29.5 Å². The van der Waals surface area contributed by atoms with E-state index in [4.69, 9.17) is 9.47 Å². The van der Waals surface area contributed by atoms with Gasteiger partial charge in [0.1, 0.15) is 17.9 Å². The third kappa shape index (κ3) is 7.37. The Kier molecular flexibility index (Phi) is 9.80. The number of aldehydes is 1. The molecule has 2 N–H and O–H groups in total. The first-order valence-corrected chi connectivity index (χ1v) is 13.0. The Labute approximate surface area is 222 Å².